The highest BCUT2D eigenvalue weighted by Crippen LogP contribution is 2.25. The molecule has 1 heterocycles. The van der Waals surface area contributed by atoms with Gasteiger partial charge >= 0.3 is 0 Å². The van der Waals surface area contributed by atoms with Crippen LogP contribution in [0.2, 0.25) is 0 Å². The number of nitrogens with two attached hydrogens (primary N) is 1. The maximum absolute atomic E-state index is 12.4. The first-order valence-corrected chi connectivity index (χ1v) is 7.72. The molecule has 0 aliphatic carbocycles. The Morgan fingerprint density at radius 3 is 2.81 bits per heavy atom. The van der Waals surface area contributed by atoms with E-state index in [-0.39, 0.29) is 5.91 Å². The van der Waals surface area contributed by atoms with E-state index in [1.165, 1.54) is 0 Å². The standard InChI is InChI=1S/C16H15N3OS/c1-21-15-5-3-2-4-13(15)19-16(20)14-9-10-8-11(17)6-7-12(10)18-14/h2-9,18H,17H2,1H3,(H,19,20). The van der Waals surface area contributed by atoms with Crippen LogP contribution in [0.5, 0.6) is 0 Å². The van der Waals surface area contributed by atoms with Gasteiger partial charge in [-0.1, -0.05) is 12.1 Å². The molecule has 0 radical (unpaired) electrons. The van der Waals surface area contributed by atoms with Crippen molar-refractivity contribution in [1.29, 1.82) is 0 Å². The molecule has 3 rings (SSSR count). The maximum atomic E-state index is 12.4. The summed E-state index contributed by atoms with van der Waals surface area (Å²) in [5, 5.41) is 3.86. The van der Waals surface area contributed by atoms with Crippen LogP contribution in [0.3, 0.4) is 0 Å². The number of hydrogen-bond acceptors (Lipinski definition) is 3. The fourth-order valence-electron chi connectivity index (χ4n) is 2.21. The minimum atomic E-state index is -0.161. The summed E-state index contributed by atoms with van der Waals surface area (Å²) in [6.45, 7) is 0. The number of nitrogen functional groups attached to an aromatic ring is 1. The number of amides is 1. The molecule has 0 aliphatic heterocycles. The largest absolute Gasteiger partial charge is 0.399 e. The molecule has 0 unspecified atom stereocenters. The quantitative estimate of drug-likeness (QED) is 0.509. The summed E-state index contributed by atoms with van der Waals surface area (Å²) in [6, 6.07) is 15.1. The van der Waals surface area contributed by atoms with Gasteiger partial charge in [0.05, 0.1) is 5.69 Å². The van der Waals surface area contributed by atoms with E-state index in [4.69, 9.17) is 5.73 Å². The molecule has 0 spiro atoms. The van der Waals surface area contributed by atoms with Crippen molar-refractivity contribution < 1.29 is 4.79 Å². The van der Waals surface area contributed by atoms with E-state index in [0.29, 0.717) is 11.4 Å². The minimum Gasteiger partial charge on any atom is -0.399 e. The highest BCUT2D eigenvalue weighted by molar-refractivity contribution is 7.98. The Hall–Kier alpha value is -2.40. The van der Waals surface area contributed by atoms with E-state index in [0.717, 1.165) is 21.5 Å². The van der Waals surface area contributed by atoms with Crippen LogP contribution < -0.4 is 11.1 Å². The molecule has 0 saturated heterocycles. The van der Waals surface area contributed by atoms with Crippen LogP contribution in [0, 0.1) is 0 Å². The van der Waals surface area contributed by atoms with Crippen molar-refractivity contribution in [1.82, 2.24) is 4.98 Å². The topological polar surface area (TPSA) is 70.9 Å². The van der Waals surface area contributed by atoms with E-state index >= 15 is 0 Å². The van der Waals surface area contributed by atoms with Crippen molar-refractivity contribution in [3.05, 3.63) is 54.2 Å². The molecule has 21 heavy (non-hydrogen) atoms. The molecule has 0 bridgehead atoms. The first kappa shape index (κ1) is 13.6. The fraction of sp³-hybridized carbons (Fsp3) is 0.0625. The number of fused-ring (bicyclic) bond motifs is 1. The number of carbonyl (C=O) groups excluding carboxylic acids is 1. The van der Waals surface area contributed by atoms with Gasteiger partial charge in [-0.15, -0.1) is 11.8 Å². The lowest BCUT2D eigenvalue weighted by atomic mass is 10.2. The van der Waals surface area contributed by atoms with Gasteiger partial charge in [-0.05, 0) is 42.7 Å². The number of aromatic nitrogens is 1. The molecular weight excluding hydrogens is 282 g/mol. The van der Waals surface area contributed by atoms with E-state index in [9.17, 15) is 4.79 Å². The van der Waals surface area contributed by atoms with Crippen molar-refractivity contribution >= 4 is 39.9 Å². The third-order valence-electron chi connectivity index (χ3n) is 3.24. The molecule has 3 aromatic rings. The zero-order chi connectivity index (χ0) is 14.8. The number of benzene rings is 2. The van der Waals surface area contributed by atoms with Crippen LogP contribution in [-0.2, 0) is 0 Å². The summed E-state index contributed by atoms with van der Waals surface area (Å²) >= 11 is 1.60. The predicted molar refractivity (Wildman–Crippen MR) is 88.9 cm³/mol. The van der Waals surface area contributed by atoms with Gasteiger partial charge < -0.3 is 16.0 Å². The number of para-hydroxylation sites is 1. The first-order chi connectivity index (χ1) is 10.2. The molecule has 4 nitrogen and oxygen atoms in total. The monoisotopic (exact) mass is 297 g/mol. The summed E-state index contributed by atoms with van der Waals surface area (Å²) in [6.07, 6.45) is 1.98. The second-order valence-corrected chi connectivity index (χ2v) is 5.53. The Bertz CT molecular complexity index is 810. The number of rotatable bonds is 3. The number of nitrogens with one attached hydrogen (secondary N) is 2. The second kappa shape index (κ2) is 5.54. The number of H-pyrrole nitrogens is 1. The number of thioether (sulfide) groups is 1. The summed E-state index contributed by atoms with van der Waals surface area (Å²) < 4.78 is 0. The smallest absolute Gasteiger partial charge is 0.272 e. The second-order valence-electron chi connectivity index (χ2n) is 4.68. The predicted octanol–water partition coefficient (Wildman–Crippen LogP) is 3.72. The first-order valence-electron chi connectivity index (χ1n) is 6.50. The highest BCUT2D eigenvalue weighted by atomic mass is 32.2. The molecule has 0 aliphatic rings. The highest BCUT2D eigenvalue weighted by Gasteiger charge is 2.11. The van der Waals surface area contributed by atoms with Gasteiger partial charge in [0.25, 0.3) is 5.91 Å². The number of aromatic amines is 1. The lowest BCUT2D eigenvalue weighted by Crippen LogP contribution is -2.12. The number of anilines is 2. The van der Waals surface area contributed by atoms with Crippen LogP contribution in [0.15, 0.2) is 53.4 Å². The summed E-state index contributed by atoms with van der Waals surface area (Å²) in [5.41, 5.74) is 8.66. The van der Waals surface area contributed by atoms with E-state index in [1.807, 2.05) is 54.8 Å². The van der Waals surface area contributed by atoms with Crippen molar-refractivity contribution in [3.8, 4) is 0 Å². The van der Waals surface area contributed by atoms with E-state index in [2.05, 4.69) is 10.3 Å². The van der Waals surface area contributed by atoms with Gasteiger partial charge in [0.2, 0.25) is 0 Å². The molecule has 1 aromatic heterocycles. The third kappa shape index (κ3) is 2.73. The van der Waals surface area contributed by atoms with Crippen LogP contribution in [0.4, 0.5) is 11.4 Å². The van der Waals surface area contributed by atoms with Crippen LogP contribution >= 0.6 is 11.8 Å². The molecule has 5 heteroatoms. The summed E-state index contributed by atoms with van der Waals surface area (Å²) in [7, 11) is 0. The van der Waals surface area contributed by atoms with Gasteiger partial charge in [0.15, 0.2) is 0 Å². The molecule has 0 atom stereocenters. The summed E-state index contributed by atoms with van der Waals surface area (Å²) in [5.74, 6) is -0.161. The van der Waals surface area contributed by atoms with Crippen LogP contribution in [0.25, 0.3) is 10.9 Å². The van der Waals surface area contributed by atoms with Gasteiger partial charge in [-0.2, -0.15) is 0 Å². The van der Waals surface area contributed by atoms with Crippen LogP contribution in [0.1, 0.15) is 10.5 Å². The molecule has 0 saturated carbocycles. The molecule has 106 valence electrons. The van der Waals surface area contributed by atoms with Gasteiger partial charge in [-0.3, -0.25) is 4.79 Å². The lowest BCUT2D eigenvalue weighted by molar-refractivity contribution is 0.102. The Balaban J connectivity index is 1.90. The average molecular weight is 297 g/mol. The fourth-order valence-corrected chi connectivity index (χ4v) is 2.76. The lowest BCUT2D eigenvalue weighted by Gasteiger charge is -2.07. The maximum Gasteiger partial charge on any atom is 0.272 e. The molecule has 0 fully saturated rings. The van der Waals surface area contributed by atoms with Gasteiger partial charge in [0, 0.05) is 21.5 Å². The number of carbonyl (C=O) groups is 1. The molecule has 1 amide bonds. The summed E-state index contributed by atoms with van der Waals surface area (Å²) in [4.78, 5) is 16.5. The molecular formula is C16H15N3OS. The van der Waals surface area contributed by atoms with E-state index in [1.54, 1.807) is 11.8 Å². The van der Waals surface area contributed by atoms with Crippen molar-refractivity contribution in [3.63, 3.8) is 0 Å². The average Bonchev–Trinajstić information content (AvgIpc) is 2.91. The van der Waals surface area contributed by atoms with E-state index < -0.39 is 0 Å². The normalized spacial score (nSPS) is 10.7. The zero-order valence-electron chi connectivity index (χ0n) is 11.5. The Morgan fingerprint density at radius 1 is 1.19 bits per heavy atom. The van der Waals surface area contributed by atoms with Crippen molar-refractivity contribution in [2.24, 2.45) is 0 Å². The Labute approximate surface area is 126 Å². The van der Waals surface area contributed by atoms with Crippen molar-refractivity contribution in [2.75, 3.05) is 17.3 Å². The van der Waals surface area contributed by atoms with Gasteiger partial charge in [0.1, 0.15) is 5.69 Å². The number of hydrogen-bond donors (Lipinski definition) is 3. The minimum absolute atomic E-state index is 0.161. The Kier molecular flexibility index (Phi) is 3.58. The molecule has 2 aromatic carbocycles. The van der Waals surface area contributed by atoms with Crippen LogP contribution in [-0.4, -0.2) is 17.1 Å². The van der Waals surface area contributed by atoms with Crippen molar-refractivity contribution in [2.45, 2.75) is 4.90 Å². The Morgan fingerprint density at radius 2 is 2.00 bits per heavy atom. The third-order valence-corrected chi connectivity index (χ3v) is 4.04. The molecule has 4 N–H and O–H groups in total. The van der Waals surface area contributed by atoms with Gasteiger partial charge in [-0.25, -0.2) is 0 Å². The zero-order valence-corrected chi connectivity index (χ0v) is 12.3. The SMILES string of the molecule is CSc1ccccc1NC(=O)c1cc2cc(N)ccc2[nH]1.